The minimum absolute atomic E-state index is 0.128. The number of nitrogens with one attached hydrogen (secondary N) is 1. The average Bonchev–Trinajstić information content (AvgIpc) is 3.03. The third-order valence-electron chi connectivity index (χ3n) is 8.21. The molecule has 38 heavy (non-hydrogen) atoms. The number of fused-ring (bicyclic) bond motifs is 2. The predicted octanol–water partition coefficient (Wildman–Crippen LogP) is 4.70. The van der Waals surface area contributed by atoms with Gasteiger partial charge in [-0.15, -0.1) is 0 Å². The normalized spacial score (nSPS) is 21.8. The Morgan fingerprint density at radius 2 is 1.97 bits per heavy atom. The van der Waals surface area contributed by atoms with Crippen LogP contribution in [0.3, 0.4) is 0 Å². The first-order chi connectivity index (χ1) is 18.2. The van der Waals surface area contributed by atoms with E-state index in [1.54, 1.807) is 4.90 Å². The molecule has 11 heteroatoms. The summed E-state index contributed by atoms with van der Waals surface area (Å²) >= 11 is 0. The number of aromatic nitrogens is 1. The Hall–Kier alpha value is -2.92. The van der Waals surface area contributed by atoms with Crippen LogP contribution in [0.2, 0.25) is 0 Å². The number of alkyl halides is 3. The molecule has 0 unspecified atom stereocenters. The molecular weight excluding hydrogens is 502 g/mol. The van der Waals surface area contributed by atoms with E-state index in [1.807, 2.05) is 18.2 Å². The lowest BCUT2D eigenvalue weighted by atomic mass is 9.75. The molecule has 0 saturated carbocycles. The van der Waals surface area contributed by atoms with Gasteiger partial charge in [-0.05, 0) is 63.0 Å². The molecular formula is C27H31F4N5O2. The monoisotopic (exact) mass is 533 g/mol. The van der Waals surface area contributed by atoms with E-state index < -0.39 is 24.5 Å². The summed E-state index contributed by atoms with van der Waals surface area (Å²) in [5, 5.41) is 3.27. The van der Waals surface area contributed by atoms with Crippen molar-refractivity contribution in [2.75, 3.05) is 61.1 Å². The molecule has 1 aromatic heterocycles. The number of carbonyl (C=O) groups excluding carboxylic acids is 1. The van der Waals surface area contributed by atoms with Crippen LogP contribution in [0.4, 0.5) is 40.4 Å². The van der Waals surface area contributed by atoms with Crippen LogP contribution in [0.25, 0.3) is 0 Å². The number of piperidine rings is 1. The number of rotatable bonds is 3. The number of nitrogens with zero attached hydrogens (tertiary/aromatic N) is 4. The summed E-state index contributed by atoms with van der Waals surface area (Å²) in [5.41, 5.74) is 3.08. The number of carbonyl (C=O) groups is 1. The molecule has 1 N–H and O–H groups in total. The fourth-order valence-electron chi connectivity index (χ4n) is 6.26. The van der Waals surface area contributed by atoms with E-state index in [0.29, 0.717) is 35.6 Å². The second kappa shape index (κ2) is 9.68. The highest BCUT2D eigenvalue weighted by atomic mass is 19.4. The van der Waals surface area contributed by atoms with Crippen molar-refractivity contribution < 1.29 is 27.1 Å². The maximum Gasteiger partial charge on any atom is 0.401 e. The lowest BCUT2D eigenvalue weighted by Gasteiger charge is -2.53. The largest absolute Gasteiger partial charge is 0.401 e. The van der Waals surface area contributed by atoms with Crippen LogP contribution in [-0.4, -0.2) is 67.9 Å². The lowest BCUT2D eigenvalue weighted by Crippen LogP contribution is -2.60. The molecule has 4 aliphatic heterocycles. The second-order valence-electron chi connectivity index (χ2n) is 11.1. The summed E-state index contributed by atoms with van der Waals surface area (Å²) in [4.78, 5) is 23.4. The predicted molar refractivity (Wildman–Crippen MR) is 135 cm³/mol. The summed E-state index contributed by atoms with van der Waals surface area (Å²) in [6.07, 6.45) is -0.232. The van der Waals surface area contributed by atoms with Crippen LogP contribution < -0.4 is 15.1 Å². The van der Waals surface area contributed by atoms with Gasteiger partial charge in [-0.25, -0.2) is 9.37 Å². The van der Waals surface area contributed by atoms with Crippen LogP contribution in [0.15, 0.2) is 30.5 Å². The van der Waals surface area contributed by atoms with E-state index >= 15 is 0 Å². The summed E-state index contributed by atoms with van der Waals surface area (Å²) < 4.78 is 58.4. The third-order valence-corrected chi connectivity index (χ3v) is 8.21. The molecule has 1 spiro atoms. The Balaban J connectivity index is 1.26. The molecule has 0 radical (unpaired) electrons. The zero-order valence-electron chi connectivity index (χ0n) is 21.1. The summed E-state index contributed by atoms with van der Waals surface area (Å²) in [5.74, 6) is -0.580. The van der Waals surface area contributed by atoms with Gasteiger partial charge in [0.05, 0.1) is 37.3 Å². The van der Waals surface area contributed by atoms with E-state index in [0.717, 1.165) is 51.0 Å². The molecule has 1 amide bonds. The molecule has 1 aromatic carbocycles. The number of likely N-dealkylation sites (tertiary alicyclic amines) is 1. The third kappa shape index (κ3) is 5.05. The highest BCUT2D eigenvalue weighted by Gasteiger charge is 2.45. The number of amides is 1. The Morgan fingerprint density at radius 1 is 1.18 bits per heavy atom. The molecule has 0 aliphatic carbocycles. The number of ether oxygens (including phenoxy) is 1. The number of anilines is 4. The maximum absolute atomic E-state index is 14.1. The first-order valence-corrected chi connectivity index (χ1v) is 13.2. The molecule has 7 nitrogen and oxygen atoms in total. The molecule has 204 valence electrons. The summed E-state index contributed by atoms with van der Waals surface area (Å²) in [6.45, 7) is 2.93. The quantitative estimate of drug-likeness (QED) is 0.578. The molecule has 4 aliphatic rings. The van der Waals surface area contributed by atoms with E-state index in [9.17, 15) is 22.4 Å². The van der Waals surface area contributed by atoms with Gasteiger partial charge in [-0.2, -0.15) is 13.2 Å². The summed E-state index contributed by atoms with van der Waals surface area (Å²) in [6, 6.07) is 7.28. The van der Waals surface area contributed by atoms with Crippen molar-refractivity contribution in [1.82, 2.24) is 9.88 Å². The Morgan fingerprint density at radius 3 is 2.68 bits per heavy atom. The number of hydrogen-bond acceptors (Lipinski definition) is 6. The van der Waals surface area contributed by atoms with Gasteiger partial charge in [-0.1, -0.05) is 0 Å². The van der Waals surface area contributed by atoms with Crippen molar-refractivity contribution >= 4 is 28.8 Å². The van der Waals surface area contributed by atoms with Gasteiger partial charge in [0.1, 0.15) is 11.6 Å². The lowest BCUT2D eigenvalue weighted by molar-refractivity contribution is -0.149. The molecule has 0 bridgehead atoms. The maximum atomic E-state index is 14.1. The molecule has 6 rings (SSSR count). The Kier molecular flexibility index (Phi) is 6.46. The van der Waals surface area contributed by atoms with Crippen LogP contribution in [0.1, 0.15) is 31.2 Å². The smallest absolute Gasteiger partial charge is 0.381 e. The highest BCUT2D eigenvalue weighted by Crippen LogP contribution is 2.44. The Bertz CT molecular complexity index is 1200. The zero-order valence-corrected chi connectivity index (χ0v) is 21.1. The minimum Gasteiger partial charge on any atom is -0.381 e. The SMILES string of the molecule is O=C(C1CCN(CC(F)(F)F)CC1)N1Cc2cc(F)cnc2Nc2ccc(N3CC4(CCCOC4)C3)cc21. The van der Waals surface area contributed by atoms with E-state index in [4.69, 9.17) is 4.74 Å². The van der Waals surface area contributed by atoms with Gasteiger partial charge in [-0.3, -0.25) is 9.69 Å². The summed E-state index contributed by atoms with van der Waals surface area (Å²) in [7, 11) is 0. The first-order valence-electron chi connectivity index (χ1n) is 13.2. The second-order valence-corrected chi connectivity index (χ2v) is 11.1. The number of hydrogen-bond donors (Lipinski definition) is 1. The fourth-order valence-corrected chi connectivity index (χ4v) is 6.26. The molecule has 5 heterocycles. The van der Waals surface area contributed by atoms with Gasteiger partial charge in [0.15, 0.2) is 0 Å². The minimum atomic E-state index is -4.26. The van der Waals surface area contributed by atoms with Crippen LogP contribution in [0, 0.1) is 17.2 Å². The molecule has 2 aromatic rings. The number of pyridine rings is 1. The van der Waals surface area contributed by atoms with Gasteiger partial charge in [0.25, 0.3) is 0 Å². The standard InChI is InChI=1S/C27H31F4N5O2/c28-20-10-19-13-36(25(37)18-4-7-34(8-5-18)16-27(29,30)31)23-11-21(2-3-22(23)33-24(19)32-12-20)35-14-26(15-35)6-1-9-38-17-26/h2-3,10-12,18H,1,4-9,13-17H2,(H,32,33). The van der Waals surface area contributed by atoms with E-state index in [2.05, 4.69) is 15.2 Å². The van der Waals surface area contributed by atoms with Crippen molar-refractivity contribution in [3.8, 4) is 0 Å². The van der Waals surface area contributed by atoms with Crippen molar-refractivity contribution in [1.29, 1.82) is 0 Å². The number of halogens is 4. The van der Waals surface area contributed by atoms with Gasteiger partial charge < -0.3 is 19.9 Å². The van der Waals surface area contributed by atoms with Crippen LogP contribution >= 0.6 is 0 Å². The average molecular weight is 534 g/mol. The van der Waals surface area contributed by atoms with Crippen molar-refractivity contribution in [2.45, 2.75) is 38.4 Å². The van der Waals surface area contributed by atoms with Gasteiger partial charge in [0.2, 0.25) is 5.91 Å². The van der Waals surface area contributed by atoms with Crippen molar-refractivity contribution in [3.63, 3.8) is 0 Å². The van der Waals surface area contributed by atoms with E-state index in [-0.39, 0.29) is 31.0 Å². The fraction of sp³-hybridized carbons (Fsp3) is 0.556. The van der Waals surface area contributed by atoms with Crippen molar-refractivity contribution in [3.05, 3.63) is 41.8 Å². The number of benzene rings is 1. The van der Waals surface area contributed by atoms with Crippen molar-refractivity contribution in [2.24, 2.45) is 11.3 Å². The molecule has 3 saturated heterocycles. The van der Waals surface area contributed by atoms with Gasteiger partial charge >= 0.3 is 6.18 Å². The van der Waals surface area contributed by atoms with Crippen LogP contribution in [-0.2, 0) is 16.1 Å². The highest BCUT2D eigenvalue weighted by molar-refractivity contribution is 6.00. The topological polar surface area (TPSA) is 60.9 Å². The first kappa shape index (κ1) is 25.4. The van der Waals surface area contributed by atoms with Gasteiger partial charge in [0, 0.05) is 42.3 Å². The Labute approximate surface area is 218 Å². The molecule has 0 atom stereocenters. The zero-order chi connectivity index (χ0) is 26.5. The molecule has 3 fully saturated rings. The van der Waals surface area contributed by atoms with Crippen LogP contribution in [0.5, 0.6) is 0 Å². The van der Waals surface area contributed by atoms with E-state index in [1.165, 1.54) is 11.0 Å².